The third-order valence-electron chi connectivity index (χ3n) is 2.15. The molecule has 1 rings (SSSR count). The van der Waals surface area contributed by atoms with Crippen molar-refractivity contribution in [1.29, 1.82) is 0 Å². The molecule has 0 heterocycles. The van der Waals surface area contributed by atoms with Gasteiger partial charge in [0.05, 0.1) is 18.3 Å². The molecule has 0 saturated carbocycles. The van der Waals surface area contributed by atoms with Crippen LogP contribution in [0.2, 0.25) is 0 Å². The Hall–Kier alpha value is 1.08. The molecule has 0 aliphatic heterocycles. The Morgan fingerprint density at radius 1 is 1.00 bits per heavy atom. The molecule has 16 heavy (non-hydrogen) atoms. The van der Waals surface area contributed by atoms with E-state index in [0.717, 1.165) is 0 Å². The second kappa shape index (κ2) is 9.06. The maximum atomic E-state index is 5.79. The van der Waals surface area contributed by atoms with Gasteiger partial charge in [-0.05, 0) is 34.6 Å². The van der Waals surface area contributed by atoms with Gasteiger partial charge in [0.15, 0.2) is 0 Å². The predicted octanol–water partition coefficient (Wildman–Crippen LogP) is -0.405. The van der Waals surface area contributed by atoms with Crippen LogP contribution in [0.25, 0.3) is 0 Å². The van der Waals surface area contributed by atoms with Crippen LogP contribution in [-0.4, -0.2) is 24.4 Å². The minimum Gasteiger partial charge on any atom is -1.00 e. The van der Waals surface area contributed by atoms with Crippen LogP contribution in [-0.2, 0) is 37.1 Å². The summed E-state index contributed by atoms with van der Waals surface area (Å²) in [5.41, 5.74) is 0. The van der Waals surface area contributed by atoms with Crippen molar-refractivity contribution < 1.29 is 54.1 Å². The molecule has 90 valence electrons. The van der Waals surface area contributed by atoms with E-state index in [0.29, 0.717) is 0 Å². The summed E-state index contributed by atoms with van der Waals surface area (Å²) >= 11 is 0. The molecule has 0 aromatic heterocycles. The number of halogens is 1. The Labute approximate surface area is 130 Å². The van der Waals surface area contributed by atoms with Crippen molar-refractivity contribution in [2.24, 2.45) is 5.92 Å². The number of ether oxygens (including phenoxy) is 2. The SMILES string of the molecule is [Br-].[CH2][C@@H]1C=C[C@H](OC(C)C)[C@@H]1OC(C)C.[Hg+]. The van der Waals surface area contributed by atoms with Crippen LogP contribution in [0.1, 0.15) is 27.7 Å². The second-order valence-electron chi connectivity index (χ2n) is 4.35. The summed E-state index contributed by atoms with van der Waals surface area (Å²) in [6.45, 7) is 12.2. The Kier molecular flexibility index (Phi) is 11.0. The van der Waals surface area contributed by atoms with Crippen LogP contribution in [0.4, 0.5) is 0 Å². The fourth-order valence-corrected chi connectivity index (χ4v) is 1.64. The van der Waals surface area contributed by atoms with Gasteiger partial charge >= 0.3 is 27.7 Å². The molecule has 0 aromatic carbocycles. The zero-order valence-electron chi connectivity index (χ0n) is 10.7. The van der Waals surface area contributed by atoms with E-state index in [1.165, 1.54) is 0 Å². The van der Waals surface area contributed by atoms with Crippen molar-refractivity contribution in [2.45, 2.75) is 52.1 Å². The third-order valence-corrected chi connectivity index (χ3v) is 2.15. The molecule has 0 amide bonds. The van der Waals surface area contributed by atoms with Gasteiger partial charge in [0.1, 0.15) is 6.10 Å². The summed E-state index contributed by atoms with van der Waals surface area (Å²) in [4.78, 5) is 0. The van der Waals surface area contributed by atoms with E-state index in [9.17, 15) is 0 Å². The third kappa shape index (κ3) is 6.13. The van der Waals surface area contributed by atoms with E-state index in [4.69, 9.17) is 9.47 Å². The van der Waals surface area contributed by atoms with Crippen LogP contribution < -0.4 is 17.0 Å². The average molecular weight is 478 g/mol. The van der Waals surface area contributed by atoms with Crippen molar-refractivity contribution in [2.75, 3.05) is 0 Å². The smallest absolute Gasteiger partial charge is 1.00 e. The van der Waals surface area contributed by atoms with Gasteiger partial charge in [-0.2, -0.15) is 0 Å². The van der Waals surface area contributed by atoms with Crippen LogP contribution in [0.3, 0.4) is 0 Å². The summed E-state index contributed by atoms with van der Waals surface area (Å²) in [7, 11) is 0. The van der Waals surface area contributed by atoms with Gasteiger partial charge < -0.3 is 26.5 Å². The van der Waals surface area contributed by atoms with Crippen molar-refractivity contribution >= 4 is 0 Å². The molecular formula is C12H21BrHgO2. The van der Waals surface area contributed by atoms with Crippen LogP contribution in [0.5, 0.6) is 0 Å². The summed E-state index contributed by atoms with van der Waals surface area (Å²) in [5, 5.41) is 0. The Morgan fingerprint density at radius 2 is 1.50 bits per heavy atom. The first-order valence-electron chi connectivity index (χ1n) is 5.33. The van der Waals surface area contributed by atoms with Crippen molar-refractivity contribution in [3.8, 4) is 0 Å². The van der Waals surface area contributed by atoms with E-state index >= 15 is 0 Å². The number of rotatable bonds is 4. The number of hydrogen-bond acceptors (Lipinski definition) is 2. The van der Waals surface area contributed by atoms with Crippen molar-refractivity contribution in [1.82, 2.24) is 0 Å². The molecule has 0 spiro atoms. The van der Waals surface area contributed by atoms with Gasteiger partial charge in [0.2, 0.25) is 0 Å². The van der Waals surface area contributed by atoms with Gasteiger partial charge in [-0.25, -0.2) is 0 Å². The van der Waals surface area contributed by atoms with Crippen molar-refractivity contribution in [3.63, 3.8) is 0 Å². The molecule has 0 fully saturated rings. The van der Waals surface area contributed by atoms with E-state index < -0.39 is 0 Å². The molecule has 0 unspecified atom stereocenters. The van der Waals surface area contributed by atoms with E-state index in [1.54, 1.807) is 0 Å². The monoisotopic (exact) mass is 478 g/mol. The van der Waals surface area contributed by atoms with Crippen LogP contribution in [0.15, 0.2) is 12.2 Å². The summed E-state index contributed by atoms with van der Waals surface area (Å²) < 4.78 is 11.5. The summed E-state index contributed by atoms with van der Waals surface area (Å²) in [6, 6.07) is 0. The summed E-state index contributed by atoms with van der Waals surface area (Å²) in [5.74, 6) is 0.209. The van der Waals surface area contributed by atoms with Gasteiger partial charge in [-0.3, -0.25) is 0 Å². The first kappa shape index (κ1) is 19.4. The van der Waals surface area contributed by atoms with Crippen LogP contribution >= 0.6 is 0 Å². The molecule has 0 aromatic rings. The molecule has 4 heteroatoms. The molecule has 1 aliphatic carbocycles. The molecule has 0 bridgehead atoms. The van der Waals surface area contributed by atoms with Crippen molar-refractivity contribution in [3.05, 3.63) is 19.1 Å². The average Bonchev–Trinajstić information content (AvgIpc) is 2.34. The fourth-order valence-electron chi connectivity index (χ4n) is 1.64. The van der Waals surface area contributed by atoms with Gasteiger partial charge in [-0.1, -0.05) is 12.2 Å². The zero-order chi connectivity index (χ0) is 10.7. The second-order valence-corrected chi connectivity index (χ2v) is 4.35. The van der Waals surface area contributed by atoms with Gasteiger partial charge in [-0.15, -0.1) is 0 Å². The largest absolute Gasteiger partial charge is 1.00 e. The van der Waals surface area contributed by atoms with Gasteiger partial charge in [0.25, 0.3) is 0 Å². The molecule has 3 atom stereocenters. The maximum absolute atomic E-state index is 5.79. The molecular weight excluding hydrogens is 457 g/mol. The standard InChI is InChI=1S/C12H21O2.BrH.Hg/c1-8(2)13-11-7-6-10(5)12(11)14-9(3)4;;/h6-12H,5H2,1-4H3;1H;/q;;+1/p-1/t10-,11+,12-;;/m1../s1. The van der Waals surface area contributed by atoms with E-state index in [1.807, 2.05) is 27.7 Å². The van der Waals surface area contributed by atoms with E-state index in [2.05, 4.69) is 19.1 Å². The fraction of sp³-hybridized carbons (Fsp3) is 0.750. The predicted molar refractivity (Wildman–Crippen MR) is 58.0 cm³/mol. The number of hydrogen-bond donors (Lipinski definition) is 0. The molecule has 1 aliphatic rings. The molecule has 0 N–H and O–H groups in total. The van der Waals surface area contributed by atoms with Crippen LogP contribution in [0, 0.1) is 12.8 Å². The zero-order valence-corrected chi connectivity index (χ0v) is 17.7. The maximum Gasteiger partial charge on any atom is 1.00 e. The first-order valence-corrected chi connectivity index (χ1v) is 5.33. The normalized spacial score (nSPS) is 28.1. The summed E-state index contributed by atoms with van der Waals surface area (Å²) in [6.07, 6.45) is 4.73. The molecule has 0 saturated heterocycles. The Bertz CT molecular complexity index is 207. The molecule has 2 radical (unpaired) electrons. The molecule has 2 nitrogen and oxygen atoms in total. The van der Waals surface area contributed by atoms with E-state index in [-0.39, 0.29) is 75.0 Å². The van der Waals surface area contributed by atoms with Gasteiger partial charge in [0, 0.05) is 5.92 Å². The Balaban J connectivity index is 0. The minimum atomic E-state index is 0. The Morgan fingerprint density at radius 3 is 1.94 bits per heavy atom. The minimum absolute atomic E-state index is 0. The topological polar surface area (TPSA) is 18.5 Å². The first-order chi connectivity index (χ1) is 6.50. The quantitative estimate of drug-likeness (QED) is 0.405.